The standard InChI is InChI=1S/C69H102N2O22/c1-31(2)64(78)92-60-39(10)85-54(27-50(60)89-51-22-20-49(37(8)83-51)88-53-26-47(75)59(38(9)84-53)90-52-21-18-45(73)36(7)82-52)91-58-35(6)23-34(5)57-42(58)16-17-43-32(3)15-19-48(87-55-29-67(12,70)61(40(11)86-55)71-66(80)81-14)33(4)24-44-46(74)25-41(30-72)28-69(44)63(77)56(65(79)93-69)62(76)68(43,57)13/h15-17,24-25,30-31,34-40,42-55,57-61,73-76H,18-23,26-29,70H2,1-14H3,(H,71,80)/t34-,35-,36-,37-,38-,39-,40+,42-,43-,44+,45+,46-,47+,48-,49+,50+,51-,52-,53+,54+,55-,57+,58-,59-,60-,61-,67-,68+,69-/m0/s1. The number of fused-ring (bicyclic) bond motifs is 4. The molecule has 0 aromatic heterocycles. The van der Waals surface area contributed by atoms with Crippen LogP contribution in [0.15, 0.2) is 58.4 Å². The average Bonchev–Trinajstić information content (AvgIpc) is 1.69. The number of ether oxygens (including phenoxy) is 13. The molecule has 520 valence electrons. The number of aldehydes is 1. The SMILES string of the molecule is COC(=O)N[C@H]1[C@@H](C)O[C@@H](O[C@H]2CC=C(C)[C@@H]3C=C[C@@H]4[C@@H](O[C@@H]5C[C@@H](O[C@H]6CC[C@@H](O[C@@H]7C[C@@H](O)[C@@H](O[C@H]8CC[C@@H](O)[C@H](C)O8)[C@H](C)O7)[C@H](C)O6)[C@@H](OC(=O)C(C)C)[C@H](C)O5)[C@@H](C)C[C@H](C)[C@H]4[C@]3(C)C(O)=C3C(=O)O[C@]4(CC(C=O)=C[C@H](O)[C@H]4C=C2C)C3=O)C[C@]1(C)N. The number of nitrogens with two attached hydrogens (primary N) is 1. The van der Waals surface area contributed by atoms with E-state index < -0.39 is 204 Å². The molecule has 1 saturated carbocycles. The molecule has 0 aromatic carbocycles. The predicted octanol–water partition coefficient (Wildman–Crippen LogP) is 6.68. The van der Waals surface area contributed by atoms with E-state index in [9.17, 15) is 39.6 Å². The highest BCUT2D eigenvalue weighted by molar-refractivity contribution is 6.26. The van der Waals surface area contributed by atoms with E-state index in [-0.39, 0.29) is 49.5 Å². The summed E-state index contributed by atoms with van der Waals surface area (Å²) in [5, 5.41) is 49.5. The minimum Gasteiger partial charge on any atom is -0.511 e. The molecule has 0 radical (unpaired) electrons. The Kier molecular flexibility index (Phi) is 21.9. The van der Waals surface area contributed by atoms with E-state index in [1.54, 1.807) is 47.6 Å². The van der Waals surface area contributed by atoms with Crippen molar-refractivity contribution >= 4 is 30.1 Å². The van der Waals surface area contributed by atoms with Crippen molar-refractivity contribution in [2.75, 3.05) is 7.11 Å². The quantitative estimate of drug-likeness (QED) is 0.0347. The van der Waals surface area contributed by atoms with Crippen molar-refractivity contribution in [1.29, 1.82) is 0 Å². The van der Waals surface area contributed by atoms with Crippen molar-refractivity contribution < 1.29 is 106 Å². The Morgan fingerprint density at radius 1 is 0.710 bits per heavy atom. The molecule has 6 saturated heterocycles. The summed E-state index contributed by atoms with van der Waals surface area (Å²) in [6, 6.07) is -0.639. The number of amides is 1. The number of methoxy groups -OCH3 is 1. The summed E-state index contributed by atoms with van der Waals surface area (Å²) in [5.41, 5.74) is 3.19. The van der Waals surface area contributed by atoms with Gasteiger partial charge < -0.3 is 93.1 Å². The number of allylic oxidation sites excluding steroid dienone is 3. The molecular formula is C69H102N2O22. The lowest BCUT2D eigenvalue weighted by Gasteiger charge is -2.56. The summed E-state index contributed by atoms with van der Waals surface area (Å²) in [5.74, 6) is -6.32. The van der Waals surface area contributed by atoms with Gasteiger partial charge in [-0.1, -0.05) is 64.5 Å². The third kappa shape index (κ3) is 14.4. The van der Waals surface area contributed by atoms with Gasteiger partial charge in [0.1, 0.15) is 29.8 Å². The van der Waals surface area contributed by atoms with Crippen molar-refractivity contribution in [2.45, 2.75) is 288 Å². The van der Waals surface area contributed by atoms with Crippen LogP contribution in [-0.4, -0.2) is 192 Å². The number of rotatable bonds is 14. The normalized spacial score (nSPS) is 46.4. The monoisotopic (exact) mass is 1310 g/mol. The van der Waals surface area contributed by atoms with E-state index in [1.807, 2.05) is 46.8 Å². The third-order valence-corrected chi connectivity index (χ3v) is 21.8. The zero-order valence-electron chi connectivity index (χ0n) is 56.3. The van der Waals surface area contributed by atoms with Crippen LogP contribution >= 0.6 is 0 Å². The predicted molar refractivity (Wildman–Crippen MR) is 332 cm³/mol. The third-order valence-electron chi connectivity index (χ3n) is 21.8. The number of carbonyl (C=O) groups excluding carboxylic acids is 5. The number of carbonyl (C=O) groups is 5. The number of hydrogen-bond acceptors (Lipinski definition) is 23. The van der Waals surface area contributed by atoms with Crippen LogP contribution in [0, 0.1) is 46.8 Å². The van der Waals surface area contributed by atoms with Gasteiger partial charge in [0.05, 0.1) is 92.1 Å². The van der Waals surface area contributed by atoms with Crippen molar-refractivity contribution in [2.24, 2.45) is 52.6 Å². The summed E-state index contributed by atoms with van der Waals surface area (Å²) in [7, 11) is 1.26. The fourth-order valence-corrected chi connectivity index (χ4v) is 16.9. The average molecular weight is 1310 g/mol. The van der Waals surface area contributed by atoms with Crippen LogP contribution in [0.1, 0.15) is 154 Å². The van der Waals surface area contributed by atoms with E-state index in [2.05, 4.69) is 25.2 Å². The van der Waals surface area contributed by atoms with Gasteiger partial charge in [0.2, 0.25) is 5.78 Å². The maximum atomic E-state index is 15.6. The van der Waals surface area contributed by atoms with Gasteiger partial charge in [0.25, 0.3) is 0 Å². The highest BCUT2D eigenvalue weighted by Gasteiger charge is 2.65. The van der Waals surface area contributed by atoms with Crippen LogP contribution < -0.4 is 11.1 Å². The first-order valence-corrected chi connectivity index (χ1v) is 33.7. The van der Waals surface area contributed by atoms with E-state index in [0.717, 1.165) is 5.57 Å². The summed E-state index contributed by atoms with van der Waals surface area (Å²) < 4.78 is 82.6. The fourth-order valence-electron chi connectivity index (χ4n) is 16.9. The second-order valence-corrected chi connectivity index (χ2v) is 29.1. The fraction of sp³-hybridized carbons (Fsp3) is 0.783. The minimum absolute atomic E-state index is 0.0475. The molecule has 2 bridgehead atoms. The van der Waals surface area contributed by atoms with Crippen LogP contribution in [0.25, 0.3) is 0 Å². The van der Waals surface area contributed by atoms with Gasteiger partial charge in [-0.25, -0.2) is 9.59 Å². The van der Waals surface area contributed by atoms with Crippen molar-refractivity contribution in [3.05, 3.63) is 58.4 Å². The van der Waals surface area contributed by atoms with E-state index in [0.29, 0.717) is 44.0 Å². The van der Waals surface area contributed by atoms with Crippen LogP contribution in [0.4, 0.5) is 4.79 Å². The number of aliphatic hydroxyl groups is 4. The maximum absolute atomic E-state index is 15.6. The van der Waals surface area contributed by atoms with Crippen LogP contribution in [0.2, 0.25) is 0 Å². The molecule has 29 atom stereocenters. The Morgan fingerprint density at radius 3 is 2.00 bits per heavy atom. The summed E-state index contributed by atoms with van der Waals surface area (Å²) >= 11 is 0. The lowest BCUT2D eigenvalue weighted by Crippen LogP contribution is -2.66. The molecule has 1 amide bonds. The van der Waals surface area contributed by atoms with E-state index >= 15 is 4.79 Å². The van der Waals surface area contributed by atoms with E-state index in [1.165, 1.54) is 13.2 Å². The Hall–Kier alpha value is -4.51. The first-order chi connectivity index (χ1) is 43.9. The highest BCUT2D eigenvalue weighted by Crippen LogP contribution is 2.61. The number of hydrogen-bond donors (Lipinski definition) is 6. The lowest BCUT2D eigenvalue weighted by atomic mass is 9.49. The number of ketones is 1. The van der Waals surface area contributed by atoms with Gasteiger partial charge in [0, 0.05) is 61.3 Å². The molecule has 10 aliphatic rings. The van der Waals surface area contributed by atoms with Gasteiger partial charge >= 0.3 is 18.0 Å². The summed E-state index contributed by atoms with van der Waals surface area (Å²) in [6.45, 7) is 24.2. The molecule has 6 aliphatic heterocycles. The number of esters is 2. The molecule has 7 N–H and O–H groups in total. The second kappa shape index (κ2) is 28.5. The number of Topliss-reactive ketones (excluding diaryl/α,β-unsaturated/α-hetero) is 1. The second-order valence-electron chi connectivity index (χ2n) is 29.1. The molecule has 24 heteroatoms. The number of alkyl carbamates (subject to hydrolysis) is 1. The summed E-state index contributed by atoms with van der Waals surface area (Å²) in [6.07, 6.45) is -1.73. The van der Waals surface area contributed by atoms with Crippen molar-refractivity contribution in [3.63, 3.8) is 0 Å². The Morgan fingerprint density at radius 2 is 1.34 bits per heavy atom. The van der Waals surface area contributed by atoms with Gasteiger partial charge in [-0.3, -0.25) is 14.4 Å². The van der Waals surface area contributed by atoms with Crippen LogP contribution in [0.3, 0.4) is 0 Å². The number of aliphatic hydroxyl groups excluding tert-OH is 4. The maximum Gasteiger partial charge on any atom is 0.407 e. The molecule has 10 rings (SSSR count). The largest absolute Gasteiger partial charge is 0.511 e. The minimum atomic E-state index is -2.13. The molecule has 4 aliphatic carbocycles. The van der Waals surface area contributed by atoms with Crippen molar-refractivity contribution in [1.82, 2.24) is 5.32 Å². The first-order valence-electron chi connectivity index (χ1n) is 33.7. The number of nitrogens with one attached hydrogen (secondary N) is 1. The topological polar surface area (TPSA) is 324 Å². The van der Waals surface area contributed by atoms with Gasteiger partial charge in [-0.05, 0) is 116 Å². The molecule has 0 aromatic rings. The zero-order valence-corrected chi connectivity index (χ0v) is 56.3. The molecule has 7 fully saturated rings. The molecule has 1 spiro atoms. The Balaban J connectivity index is 0.906. The smallest absolute Gasteiger partial charge is 0.407 e. The van der Waals surface area contributed by atoms with Crippen LogP contribution in [0.5, 0.6) is 0 Å². The lowest BCUT2D eigenvalue weighted by molar-refractivity contribution is -0.331. The first kappa shape index (κ1) is 71.3. The molecule has 6 heterocycles. The van der Waals surface area contributed by atoms with Gasteiger partial charge in [0.15, 0.2) is 43.2 Å². The Bertz CT molecular complexity index is 2900. The summed E-state index contributed by atoms with van der Waals surface area (Å²) in [4.78, 5) is 68.8. The highest BCUT2D eigenvalue weighted by atomic mass is 16.8. The Labute approximate surface area is 545 Å². The zero-order chi connectivity index (χ0) is 67.5. The van der Waals surface area contributed by atoms with Crippen LogP contribution in [-0.2, 0) is 80.8 Å². The van der Waals surface area contributed by atoms with Gasteiger partial charge in [-0.15, -0.1) is 0 Å². The van der Waals surface area contributed by atoms with Gasteiger partial charge in [-0.2, -0.15) is 0 Å². The molecule has 93 heavy (non-hydrogen) atoms. The van der Waals surface area contributed by atoms with E-state index in [4.69, 9.17) is 67.3 Å². The molecular weight excluding hydrogens is 1210 g/mol. The molecule has 24 nitrogen and oxygen atoms in total. The molecule has 0 unspecified atom stereocenters. The van der Waals surface area contributed by atoms with Crippen molar-refractivity contribution in [3.8, 4) is 0 Å².